The Morgan fingerprint density at radius 3 is 2.69 bits per heavy atom. The molecule has 0 aliphatic rings. The Morgan fingerprint density at radius 1 is 1.38 bits per heavy atom. The molecule has 0 radical (unpaired) electrons. The maximum atomic E-state index is 11.1. The largest absolute Gasteiger partial charge is 0.492 e. The van der Waals surface area contributed by atoms with Crippen molar-refractivity contribution in [2.75, 3.05) is 26.7 Å². The first kappa shape index (κ1) is 13.0. The molecule has 0 spiro atoms. The summed E-state index contributed by atoms with van der Waals surface area (Å²) in [5.41, 5.74) is 0. The van der Waals surface area contributed by atoms with E-state index in [9.17, 15) is 4.79 Å². The molecule has 0 unspecified atom stereocenters. The zero-order valence-corrected chi connectivity index (χ0v) is 10.7. The monoisotopic (exact) mass is 286 g/mol. The third-order valence-corrected chi connectivity index (χ3v) is 2.37. The molecule has 1 aromatic rings. The smallest absolute Gasteiger partial charge is 0.234 e. The molecule has 0 saturated heterocycles. The Morgan fingerprint density at radius 2 is 2.06 bits per heavy atom. The number of hydrogen-bond acceptors (Lipinski definition) is 3. The van der Waals surface area contributed by atoms with Gasteiger partial charge in [0.2, 0.25) is 5.91 Å². The Hall–Kier alpha value is -1.07. The van der Waals surface area contributed by atoms with Crippen LogP contribution in [0.1, 0.15) is 0 Å². The van der Waals surface area contributed by atoms with E-state index >= 15 is 0 Å². The average molecular weight is 287 g/mol. The molecular formula is C11H15BrN2O2. The molecule has 0 atom stereocenters. The molecular weight excluding hydrogens is 272 g/mol. The van der Waals surface area contributed by atoms with Crippen LogP contribution >= 0.6 is 15.9 Å². The van der Waals surface area contributed by atoms with Gasteiger partial charge in [0.05, 0.1) is 13.1 Å². The molecule has 0 saturated carbocycles. The van der Waals surface area contributed by atoms with Crippen LogP contribution in [0, 0.1) is 0 Å². The normalized spacial score (nSPS) is 9.88. The second-order valence-corrected chi connectivity index (χ2v) is 4.10. The SMILES string of the molecule is CNCC(=O)NCCOc1ccc(Br)cc1. The van der Waals surface area contributed by atoms with Crippen molar-refractivity contribution >= 4 is 21.8 Å². The van der Waals surface area contributed by atoms with Crippen LogP contribution in [0.4, 0.5) is 0 Å². The summed E-state index contributed by atoms with van der Waals surface area (Å²) in [4.78, 5) is 11.1. The van der Waals surface area contributed by atoms with E-state index in [1.54, 1.807) is 7.05 Å². The van der Waals surface area contributed by atoms with E-state index < -0.39 is 0 Å². The fraction of sp³-hybridized carbons (Fsp3) is 0.364. The zero-order chi connectivity index (χ0) is 11.8. The van der Waals surface area contributed by atoms with Crippen molar-refractivity contribution in [2.45, 2.75) is 0 Å². The van der Waals surface area contributed by atoms with Gasteiger partial charge < -0.3 is 15.4 Å². The van der Waals surface area contributed by atoms with Crippen LogP contribution in [0.3, 0.4) is 0 Å². The van der Waals surface area contributed by atoms with Crippen LogP contribution in [0.2, 0.25) is 0 Å². The van der Waals surface area contributed by atoms with Crippen LogP contribution in [-0.4, -0.2) is 32.7 Å². The predicted octanol–water partition coefficient (Wildman–Crippen LogP) is 1.16. The second-order valence-electron chi connectivity index (χ2n) is 3.18. The van der Waals surface area contributed by atoms with Gasteiger partial charge in [0.15, 0.2) is 0 Å². The van der Waals surface area contributed by atoms with Crippen molar-refractivity contribution in [3.63, 3.8) is 0 Å². The van der Waals surface area contributed by atoms with Crippen LogP contribution in [-0.2, 0) is 4.79 Å². The third-order valence-electron chi connectivity index (χ3n) is 1.84. The average Bonchev–Trinajstić information content (AvgIpc) is 2.27. The molecule has 1 rings (SSSR count). The standard InChI is InChI=1S/C11H15BrN2O2/c1-13-8-11(15)14-6-7-16-10-4-2-9(12)3-5-10/h2-5,13H,6-8H2,1H3,(H,14,15). The molecule has 0 aromatic heterocycles. The zero-order valence-electron chi connectivity index (χ0n) is 9.13. The van der Waals surface area contributed by atoms with Gasteiger partial charge in [0.25, 0.3) is 0 Å². The Balaban J connectivity index is 2.16. The van der Waals surface area contributed by atoms with E-state index in [4.69, 9.17) is 4.74 Å². The summed E-state index contributed by atoms with van der Waals surface area (Å²) < 4.78 is 6.45. The van der Waals surface area contributed by atoms with E-state index in [2.05, 4.69) is 26.6 Å². The Labute approximate surface area is 103 Å². The molecule has 16 heavy (non-hydrogen) atoms. The van der Waals surface area contributed by atoms with E-state index in [0.717, 1.165) is 10.2 Å². The van der Waals surface area contributed by atoms with Crippen molar-refractivity contribution in [1.29, 1.82) is 0 Å². The highest BCUT2D eigenvalue weighted by molar-refractivity contribution is 9.10. The molecule has 0 fully saturated rings. The lowest BCUT2D eigenvalue weighted by atomic mass is 10.3. The number of nitrogens with one attached hydrogen (secondary N) is 2. The highest BCUT2D eigenvalue weighted by Crippen LogP contribution is 2.15. The number of hydrogen-bond donors (Lipinski definition) is 2. The number of likely N-dealkylation sites (N-methyl/N-ethyl adjacent to an activating group) is 1. The van der Waals surface area contributed by atoms with Crippen molar-refractivity contribution in [3.8, 4) is 5.75 Å². The first-order valence-corrected chi connectivity index (χ1v) is 5.81. The molecule has 5 heteroatoms. The lowest BCUT2D eigenvalue weighted by Crippen LogP contribution is -2.34. The van der Waals surface area contributed by atoms with E-state index in [1.165, 1.54) is 0 Å². The van der Waals surface area contributed by atoms with Crippen LogP contribution in [0.15, 0.2) is 28.7 Å². The van der Waals surface area contributed by atoms with Gasteiger partial charge in [-0.05, 0) is 31.3 Å². The van der Waals surface area contributed by atoms with Gasteiger partial charge in [-0.15, -0.1) is 0 Å². The van der Waals surface area contributed by atoms with Crippen LogP contribution in [0.5, 0.6) is 5.75 Å². The van der Waals surface area contributed by atoms with Crippen LogP contribution < -0.4 is 15.4 Å². The summed E-state index contributed by atoms with van der Waals surface area (Å²) in [5.74, 6) is 0.771. The summed E-state index contributed by atoms with van der Waals surface area (Å²) in [6.45, 7) is 1.31. The predicted molar refractivity (Wildman–Crippen MR) is 66.6 cm³/mol. The van der Waals surface area contributed by atoms with Crippen LogP contribution in [0.25, 0.3) is 0 Å². The van der Waals surface area contributed by atoms with E-state index in [1.807, 2.05) is 24.3 Å². The minimum atomic E-state index is -0.0260. The molecule has 0 aliphatic carbocycles. The van der Waals surface area contributed by atoms with Gasteiger partial charge in [-0.3, -0.25) is 4.79 Å². The first-order chi connectivity index (χ1) is 7.72. The first-order valence-electron chi connectivity index (χ1n) is 5.02. The molecule has 4 nitrogen and oxygen atoms in total. The highest BCUT2D eigenvalue weighted by Gasteiger charge is 1.98. The summed E-state index contributed by atoms with van der Waals surface area (Å²) in [5, 5.41) is 5.50. The number of carbonyl (C=O) groups excluding carboxylic acids is 1. The number of rotatable bonds is 6. The number of carbonyl (C=O) groups is 1. The van der Waals surface area contributed by atoms with Gasteiger partial charge >= 0.3 is 0 Å². The van der Waals surface area contributed by atoms with Gasteiger partial charge in [0, 0.05) is 4.47 Å². The Kier molecular flexibility index (Phi) is 5.88. The molecule has 0 aliphatic heterocycles. The fourth-order valence-corrected chi connectivity index (χ4v) is 1.38. The molecule has 1 amide bonds. The third kappa shape index (κ3) is 5.14. The molecule has 0 bridgehead atoms. The second kappa shape index (κ2) is 7.24. The lowest BCUT2D eigenvalue weighted by Gasteiger charge is -2.07. The summed E-state index contributed by atoms with van der Waals surface area (Å²) in [6.07, 6.45) is 0. The van der Waals surface area contributed by atoms with E-state index in [-0.39, 0.29) is 5.91 Å². The molecule has 88 valence electrons. The molecule has 1 aromatic carbocycles. The minimum Gasteiger partial charge on any atom is -0.492 e. The van der Waals surface area contributed by atoms with E-state index in [0.29, 0.717) is 19.7 Å². The molecule has 0 heterocycles. The minimum absolute atomic E-state index is 0.0260. The highest BCUT2D eigenvalue weighted by atomic mass is 79.9. The summed E-state index contributed by atoms with van der Waals surface area (Å²) in [6, 6.07) is 7.57. The maximum Gasteiger partial charge on any atom is 0.234 e. The summed E-state index contributed by atoms with van der Waals surface area (Å²) in [7, 11) is 1.73. The van der Waals surface area contributed by atoms with Gasteiger partial charge in [-0.1, -0.05) is 15.9 Å². The number of ether oxygens (including phenoxy) is 1. The number of amides is 1. The van der Waals surface area contributed by atoms with Crippen molar-refractivity contribution < 1.29 is 9.53 Å². The number of halogens is 1. The Bertz CT molecular complexity index is 327. The molecule has 2 N–H and O–H groups in total. The summed E-state index contributed by atoms with van der Waals surface area (Å²) >= 11 is 3.34. The van der Waals surface area contributed by atoms with Crippen molar-refractivity contribution in [3.05, 3.63) is 28.7 Å². The maximum absolute atomic E-state index is 11.1. The van der Waals surface area contributed by atoms with Gasteiger partial charge in [-0.2, -0.15) is 0 Å². The van der Waals surface area contributed by atoms with Crippen molar-refractivity contribution in [1.82, 2.24) is 10.6 Å². The quantitative estimate of drug-likeness (QED) is 0.772. The van der Waals surface area contributed by atoms with Gasteiger partial charge in [-0.25, -0.2) is 0 Å². The van der Waals surface area contributed by atoms with Crippen molar-refractivity contribution in [2.24, 2.45) is 0 Å². The topological polar surface area (TPSA) is 50.4 Å². The lowest BCUT2D eigenvalue weighted by molar-refractivity contribution is -0.120. The van der Waals surface area contributed by atoms with Gasteiger partial charge in [0.1, 0.15) is 12.4 Å². The number of benzene rings is 1. The fourth-order valence-electron chi connectivity index (χ4n) is 1.11.